The number of benzene rings is 1. The average molecular weight is 240 g/mol. The van der Waals surface area contributed by atoms with Gasteiger partial charge in [0.2, 0.25) is 5.91 Å². The smallest absolute Gasteiger partial charge is 0.230 e. The molecule has 1 aromatic rings. The summed E-state index contributed by atoms with van der Waals surface area (Å²) in [7, 11) is 1.60. The lowest BCUT2D eigenvalue weighted by Crippen LogP contribution is -2.28. The number of methoxy groups -OCH3 is 1. The summed E-state index contributed by atoms with van der Waals surface area (Å²) in [4.78, 5) is 12.3. The summed E-state index contributed by atoms with van der Waals surface area (Å²) in [6, 6.07) is 7.51. The Bertz CT molecular complexity index is 345. The Morgan fingerprint density at radius 3 is 2.94 bits per heavy atom. The van der Waals surface area contributed by atoms with Gasteiger partial charge in [0.15, 0.2) is 0 Å². The van der Waals surface area contributed by atoms with Crippen LogP contribution in [0.15, 0.2) is 29.2 Å². The lowest BCUT2D eigenvalue weighted by atomic mass is 10.3. The van der Waals surface area contributed by atoms with Crippen LogP contribution >= 0.6 is 11.8 Å². The molecule has 1 rings (SSSR count). The molecular formula is C11H16N2O2S. The fourth-order valence-corrected chi connectivity index (χ4v) is 1.90. The molecule has 16 heavy (non-hydrogen) atoms. The maximum absolute atomic E-state index is 11.4. The number of carbonyl (C=O) groups excluding carboxylic acids is 1. The van der Waals surface area contributed by atoms with Gasteiger partial charge in [0.1, 0.15) is 0 Å². The zero-order chi connectivity index (χ0) is 11.8. The molecule has 5 heteroatoms. The summed E-state index contributed by atoms with van der Waals surface area (Å²) in [6.45, 7) is 1.07. The number of nitrogens with one attached hydrogen (secondary N) is 1. The van der Waals surface area contributed by atoms with Crippen LogP contribution in [0.2, 0.25) is 0 Å². The molecular weight excluding hydrogens is 224 g/mol. The van der Waals surface area contributed by atoms with Crippen molar-refractivity contribution in [2.75, 3.05) is 31.7 Å². The number of para-hydroxylation sites is 1. The second kappa shape index (κ2) is 7.14. The van der Waals surface area contributed by atoms with E-state index in [-0.39, 0.29) is 5.91 Å². The molecule has 0 saturated carbocycles. The van der Waals surface area contributed by atoms with Crippen LogP contribution in [0.4, 0.5) is 5.69 Å². The number of nitrogens with two attached hydrogens (primary N) is 1. The minimum Gasteiger partial charge on any atom is -0.398 e. The van der Waals surface area contributed by atoms with Crippen LogP contribution in [0.1, 0.15) is 0 Å². The first-order valence-electron chi connectivity index (χ1n) is 4.97. The molecule has 0 radical (unpaired) electrons. The fraction of sp³-hybridized carbons (Fsp3) is 0.364. The molecule has 0 spiro atoms. The minimum absolute atomic E-state index is 0.00898. The van der Waals surface area contributed by atoms with Gasteiger partial charge >= 0.3 is 0 Å². The van der Waals surface area contributed by atoms with E-state index in [0.717, 1.165) is 4.90 Å². The maximum atomic E-state index is 11.4. The summed E-state index contributed by atoms with van der Waals surface area (Å²) in [5, 5.41) is 2.75. The molecule has 1 aromatic carbocycles. The number of carbonyl (C=O) groups is 1. The molecule has 0 unspecified atom stereocenters. The highest BCUT2D eigenvalue weighted by Gasteiger charge is 2.03. The highest BCUT2D eigenvalue weighted by Crippen LogP contribution is 2.23. The van der Waals surface area contributed by atoms with Gasteiger partial charge in [-0.3, -0.25) is 4.79 Å². The Kier molecular flexibility index (Phi) is 5.74. The van der Waals surface area contributed by atoms with Gasteiger partial charge < -0.3 is 15.8 Å². The van der Waals surface area contributed by atoms with Crippen LogP contribution in [-0.4, -0.2) is 31.9 Å². The van der Waals surface area contributed by atoms with Gasteiger partial charge in [-0.15, -0.1) is 11.8 Å². The lowest BCUT2D eigenvalue weighted by molar-refractivity contribution is -0.118. The molecule has 0 aliphatic carbocycles. The van der Waals surface area contributed by atoms with Crippen molar-refractivity contribution in [2.24, 2.45) is 0 Å². The molecule has 88 valence electrons. The summed E-state index contributed by atoms with van der Waals surface area (Å²) in [5.74, 6) is 0.364. The molecule has 4 nitrogen and oxygen atoms in total. The molecule has 1 amide bonds. The van der Waals surface area contributed by atoms with E-state index < -0.39 is 0 Å². The van der Waals surface area contributed by atoms with E-state index in [9.17, 15) is 4.79 Å². The highest BCUT2D eigenvalue weighted by atomic mass is 32.2. The monoisotopic (exact) mass is 240 g/mol. The van der Waals surface area contributed by atoms with Crippen molar-refractivity contribution in [1.82, 2.24) is 5.32 Å². The first kappa shape index (κ1) is 12.9. The molecule has 0 saturated heterocycles. The number of anilines is 1. The van der Waals surface area contributed by atoms with Crippen LogP contribution < -0.4 is 11.1 Å². The van der Waals surface area contributed by atoms with E-state index >= 15 is 0 Å². The van der Waals surface area contributed by atoms with Gasteiger partial charge in [-0.05, 0) is 12.1 Å². The fourth-order valence-electron chi connectivity index (χ4n) is 1.10. The first-order chi connectivity index (χ1) is 7.74. The second-order valence-electron chi connectivity index (χ2n) is 3.17. The van der Waals surface area contributed by atoms with Gasteiger partial charge in [0.25, 0.3) is 0 Å². The van der Waals surface area contributed by atoms with Crippen LogP contribution in [0.25, 0.3) is 0 Å². The van der Waals surface area contributed by atoms with Crippen molar-refractivity contribution >= 4 is 23.4 Å². The third-order valence-corrected chi connectivity index (χ3v) is 3.00. The van der Waals surface area contributed by atoms with E-state index in [1.165, 1.54) is 11.8 Å². The van der Waals surface area contributed by atoms with E-state index in [1.54, 1.807) is 7.11 Å². The van der Waals surface area contributed by atoms with Crippen molar-refractivity contribution in [3.8, 4) is 0 Å². The molecule has 0 heterocycles. The Hall–Kier alpha value is -1.20. The third-order valence-electron chi connectivity index (χ3n) is 1.91. The first-order valence-corrected chi connectivity index (χ1v) is 5.95. The normalized spacial score (nSPS) is 10.1. The van der Waals surface area contributed by atoms with Crippen LogP contribution in [0.5, 0.6) is 0 Å². The Labute approximate surface area is 99.5 Å². The number of rotatable bonds is 6. The lowest BCUT2D eigenvalue weighted by Gasteiger charge is -2.06. The topological polar surface area (TPSA) is 64.3 Å². The summed E-state index contributed by atoms with van der Waals surface area (Å²) in [5.41, 5.74) is 6.46. The quantitative estimate of drug-likeness (QED) is 0.444. The number of hydrogen-bond donors (Lipinski definition) is 2. The van der Waals surface area contributed by atoms with Crippen LogP contribution in [0.3, 0.4) is 0 Å². The second-order valence-corrected chi connectivity index (χ2v) is 4.19. The van der Waals surface area contributed by atoms with Crippen molar-refractivity contribution < 1.29 is 9.53 Å². The SMILES string of the molecule is COCCNC(=O)CSc1ccccc1N. The largest absolute Gasteiger partial charge is 0.398 e. The summed E-state index contributed by atoms with van der Waals surface area (Å²) >= 11 is 1.44. The molecule has 0 aromatic heterocycles. The summed E-state index contributed by atoms with van der Waals surface area (Å²) in [6.07, 6.45) is 0. The number of amides is 1. The molecule has 3 N–H and O–H groups in total. The highest BCUT2D eigenvalue weighted by molar-refractivity contribution is 8.00. The molecule has 0 bridgehead atoms. The Balaban J connectivity index is 2.29. The number of thioether (sulfide) groups is 1. The Morgan fingerprint density at radius 2 is 2.25 bits per heavy atom. The molecule has 0 atom stereocenters. The van der Waals surface area contributed by atoms with Gasteiger partial charge in [-0.25, -0.2) is 0 Å². The number of nitrogen functional groups attached to an aromatic ring is 1. The van der Waals surface area contributed by atoms with E-state index in [0.29, 0.717) is 24.6 Å². The van der Waals surface area contributed by atoms with E-state index in [1.807, 2.05) is 24.3 Å². The number of ether oxygens (including phenoxy) is 1. The van der Waals surface area contributed by atoms with Gasteiger partial charge in [-0.2, -0.15) is 0 Å². The van der Waals surface area contributed by atoms with Crippen molar-refractivity contribution in [3.05, 3.63) is 24.3 Å². The molecule has 0 fully saturated rings. The van der Waals surface area contributed by atoms with Gasteiger partial charge in [0, 0.05) is 24.2 Å². The van der Waals surface area contributed by atoms with E-state index in [4.69, 9.17) is 10.5 Å². The number of hydrogen-bond acceptors (Lipinski definition) is 4. The maximum Gasteiger partial charge on any atom is 0.230 e. The van der Waals surface area contributed by atoms with Crippen molar-refractivity contribution in [3.63, 3.8) is 0 Å². The van der Waals surface area contributed by atoms with E-state index in [2.05, 4.69) is 5.32 Å². The van der Waals surface area contributed by atoms with Crippen molar-refractivity contribution in [2.45, 2.75) is 4.90 Å². The van der Waals surface area contributed by atoms with Crippen LogP contribution in [0, 0.1) is 0 Å². The van der Waals surface area contributed by atoms with Crippen LogP contribution in [-0.2, 0) is 9.53 Å². The predicted octanol–water partition coefficient (Wildman–Crippen LogP) is 1.12. The summed E-state index contributed by atoms with van der Waals surface area (Å²) < 4.78 is 4.83. The average Bonchev–Trinajstić information content (AvgIpc) is 2.28. The standard InChI is InChI=1S/C11H16N2O2S/c1-15-7-6-13-11(14)8-16-10-5-3-2-4-9(10)12/h2-5H,6-8,12H2,1H3,(H,13,14). The van der Waals surface area contributed by atoms with Gasteiger partial charge in [-0.1, -0.05) is 12.1 Å². The molecule has 0 aliphatic heterocycles. The minimum atomic E-state index is -0.00898. The predicted molar refractivity (Wildman–Crippen MR) is 66.5 cm³/mol. The van der Waals surface area contributed by atoms with Gasteiger partial charge in [0.05, 0.1) is 12.4 Å². The Morgan fingerprint density at radius 1 is 1.50 bits per heavy atom. The molecule has 0 aliphatic rings. The van der Waals surface area contributed by atoms with Crippen molar-refractivity contribution in [1.29, 1.82) is 0 Å². The zero-order valence-corrected chi connectivity index (χ0v) is 10.0. The zero-order valence-electron chi connectivity index (χ0n) is 9.23. The third kappa shape index (κ3) is 4.55.